The van der Waals surface area contributed by atoms with Gasteiger partial charge < -0.3 is 5.32 Å². The number of benzene rings is 1. The van der Waals surface area contributed by atoms with Crippen LogP contribution >= 0.6 is 22.9 Å². The SMILES string of the molecule is NS(=O)(=O)c1cccc(NC2CCCc3sc(Cl)cc32)c1. The fourth-order valence-corrected chi connectivity index (χ4v) is 4.58. The number of aryl methyl sites for hydroxylation is 1. The molecule has 0 bridgehead atoms. The molecule has 0 saturated heterocycles. The molecule has 0 amide bonds. The summed E-state index contributed by atoms with van der Waals surface area (Å²) in [4.78, 5) is 1.43. The largest absolute Gasteiger partial charge is 0.378 e. The topological polar surface area (TPSA) is 72.2 Å². The third-order valence-electron chi connectivity index (χ3n) is 3.59. The quantitative estimate of drug-likeness (QED) is 0.896. The number of thiophene rings is 1. The summed E-state index contributed by atoms with van der Waals surface area (Å²) < 4.78 is 23.6. The lowest BCUT2D eigenvalue weighted by Gasteiger charge is -2.24. The van der Waals surface area contributed by atoms with E-state index in [4.69, 9.17) is 16.7 Å². The molecule has 21 heavy (non-hydrogen) atoms. The van der Waals surface area contributed by atoms with Gasteiger partial charge in [-0.25, -0.2) is 13.6 Å². The van der Waals surface area contributed by atoms with E-state index in [1.54, 1.807) is 23.5 Å². The van der Waals surface area contributed by atoms with Crippen LogP contribution in [-0.4, -0.2) is 8.42 Å². The Kier molecular flexibility index (Phi) is 3.96. The predicted molar refractivity (Wildman–Crippen MR) is 86.4 cm³/mol. The first kappa shape index (κ1) is 14.8. The van der Waals surface area contributed by atoms with Gasteiger partial charge in [0.05, 0.1) is 15.3 Å². The van der Waals surface area contributed by atoms with E-state index in [0.717, 1.165) is 29.3 Å². The van der Waals surface area contributed by atoms with Gasteiger partial charge in [0.2, 0.25) is 10.0 Å². The van der Waals surface area contributed by atoms with Crippen molar-refractivity contribution < 1.29 is 8.42 Å². The van der Waals surface area contributed by atoms with Gasteiger partial charge in [0.1, 0.15) is 0 Å². The lowest BCUT2D eigenvalue weighted by atomic mass is 9.94. The third kappa shape index (κ3) is 3.23. The zero-order valence-electron chi connectivity index (χ0n) is 11.2. The number of rotatable bonds is 3. The second-order valence-electron chi connectivity index (χ2n) is 5.09. The molecule has 4 nitrogen and oxygen atoms in total. The second kappa shape index (κ2) is 5.61. The Hall–Kier alpha value is -1.08. The van der Waals surface area contributed by atoms with Crippen molar-refractivity contribution in [1.29, 1.82) is 0 Å². The van der Waals surface area contributed by atoms with Gasteiger partial charge in [0, 0.05) is 10.6 Å². The van der Waals surface area contributed by atoms with Gasteiger partial charge in [-0.2, -0.15) is 0 Å². The minimum atomic E-state index is -3.68. The van der Waals surface area contributed by atoms with Crippen molar-refractivity contribution in [2.75, 3.05) is 5.32 Å². The Morgan fingerprint density at radius 2 is 2.14 bits per heavy atom. The standard InChI is InChI=1S/C14H15ClN2O2S2/c15-14-8-11-12(5-2-6-13(11)20-14)17-9-3-1-4-10(7-9)21(16,18)19/h1,3-4,7-8,12,17H,2,5-6H2,(H2,16,18,19). The summed E-state index contributed by atoms with van der Waals surface area (Å²) in [7, 11) is -3.68. The zero-order chi connectivity index (χ0) is 15.0. The molecule has 1 aromatic heterocycles. The molecule has 1 aliphatic rings. The summed E-state index contributed by atoms with van der Waals surface area (Å²) in [5.74, 6) is 0. The maximum atomic E-state index is 11.4. The van der Waals surface area contributed by atoms with Gasteiger partial charge in [-0.3, -0.25) is 0 Å². The highest BCUT2D eigenvalue weighted by atomic mass is 35.5. The molecule has 0 saturated carbocycles. The van der Waals surface area contributed by atoms with Crippen LogP contribution in [0.1, 0.15) is 29.3 Å². The van der Waals surface area contributed by atoms with Crippen LogP contribution < -0.4 is 10.5 Å². The van der Waals surface area contributed by atoms with Crippen LogP contribution in [0, 0.1) is 0 Å². The first-order valence-electron chi connectivity index (χ1n) is 6.61. The van der Waals surface area contributed by atoms with E-state index in [2.05, 4.69) is 5.32 Å². The monoisotopic (exact) mass is 342 g/mol. The molecular weight excluding hydrogens is 328 g/mol. The number of hydrogen-bond acceptors (Lipinski definition) is 4. The molecule has 3 rings (SSSR count). The van der Waals surface area contributed by atoms with E-state index in [-0.39, 0.29) is 10.9 Å². The first-order chi connectivity index (χ1) is 9.93. The van der Waals surface area contributed by atoms with Crippen LogP contribution in [-0.2, 0) is 16.4 Å². The molecule has 0 aliphatic heterocycles. The fraction of sp³-hybridized carbons (Fsp3) is 0.286. The number of fused-ring (bicyclic) bond motifs is 1. The molecule has 0 fully saturated rings. The Bertz CT molecular complexity index is 771. The minimum Gasteiger partial charge on any atom is -0.378 e. The van der Waals surface area contributed by atoms with Gasteiger partial charge in [-0.15, -0.1) is 11.3 Å². The number of sulfonamides is 1. The number of primary sulfonamides is 1. The van der Waals surface area contributed by atoms with Gasteiger partial charge in [0.15, 0.2) is 0 Å². The summed E-state index contributed by atoms with van der Waals surface area (Å²) in [6.07, 6.45) is 3.15. The maximum Gasteiger partial charge on any atom is 0.238 e. The van der Waals surface area contributed by atoms with E-state index < -0.39 is 10.0 Å². The van der Waals surface area contributed by atoms with Gasteiger partial charge in [-0.05, 0) is 49.1 Å². The van der Waals surface area contributed by atoms with Crippen molar-refractivity contribution >= 4 is 38.6 Å². The molecular formula is C14H15ClN2O2S2. The number of nitrogens with one attached hydrogen (secondary N) is 1. The van der Waals surface area contributed by atoms with Crippen molar-refractivity contribution in [3.8, 4) is 0 Å². The molecule has 1 heterocycles. The predicted octanol–water partition coefficient (Wildman–Crippen LogP) is 3.54. The van der Waals surface area contributed by atoms with E-state index >= 15 is 0 Å². The number of halogens is 1. The van der Waals surface area contributed by atoms with Crippen LogP contribution in [0.5, 0.6) is 0 Å². The highest BCUT2D eigenvalue weighted by Gasteiger charge is 2.23. The Labute approximate surface area is 133 Å². The van der Waals surface area contributed by atoms with Crippen molar-refractivity contribution in [2.24, 2.45) is 5.14 Å². The van der Waals surface area contributed by atoms with Gasteiger partial charge in [0.25, 0.3) is 0 Å². The summed E-state index contributed by atoms with van der Waals surface area (Å²) in [6.45, 7) is 0. The lowest BCUT2D eigenvalue weighted by Crippen LogP contribution is -2.16. The molecule has 1 aromatic carbocycles. The Balaban J connectivity index is 1.88. The molecule has 1 atom stereocenters. The van der Waals surface area contributed by atoms with Crippen LogP contribution in [0.3, 0.4) is 0 Å². The van der Waals surface area contributed by atoms with Crippen molar-refractivity contribution in [3.63, 3.8) is 0 Å². The minimum absolute atomic E-state index is 0.117. The summed E-state index contributed by atoms with van der Waals surface area (Å²) in [5, 5.41) is 8.56. The van der Waals surface area contributed by atoms with Crippen molar-refractivity contribution in [2.45, 2.75) is 30.2 Å². The number of anilines is 1. The molecule has 3 N–H and O–H groups in total. The molecule has 112 valence electrons. The van der Waals surface area contributed by atoms with Crippen molar-refractivity contribution in [1.82, 2.24) is 0 Å². The second-order valence-corrected chi connectivity index (χ2v) is 8.42. The number of hydrogen-bond donors (Lipinski definition) is 2. The van der Waals surface area contributed by atoms with E-state index in [1.165, 1.54) is 16.5 Å². The molecule has 1 unspecified atom stereocenters. The van der Waals surface area contributed by atoms with Crippen LogP contribution in [0.2, 0.25) is 4.34 Å². The average molecular weight is 343 g/mol. The summed E-state index contributed by atoms with van der Waals surface area (Å²) in [5.41, 5.74) is 1.97. The Morgan fingerprint density at radius 1 is 1.33 bits per heavy atom. The normalized spacial score (nSPS) is 18.3. The zero-order valence-corrected chi connectivity index (χ0v) is 13.6. The third-order valence-corrected chi connectivity index (χ3v) is 5.84. The molecule has 7 heteroatoms. The van der Waals surface area contributed by atoms with E-state index in [9.17, 15) is 8.42 Å². The fourth-order valence-electron chi connectivity index (χ4n) is 2.64. The van der Waals surface area contributed by atoms with Crippen LogP contribution in [0.4, 0.5) is 5.69 Å². The lowest BCUT2D eigenvalue weighted by molar-refractivity contribution is 0.597. The molecule has 0 radical (unpaired) electrons. The first-order valence-corrected chi connectivity index (χ1v) is 9.35. The Morgan fingerprint density at radius 3 is 2.90 bits per heavy atom. The van der Waals surface area contributed by atoms with E-state index in [0.29, 0.717) is 0 Å². The maximum absolute atomic E-state index is 11.4. The van der Waals surface area contributed by atoms with Crippen LogP contribution in [0.25, 0.3) is 0 Å². The van der Waals surface area contributed by atoms with Crippen molar-refractivity contribution in [3.05, 3.63) is 45.1 Å². The average Bonchev–Trinajstić information content (AvgIpc) is 2.80. The summed E-state index contributed by atoms with van der Waals surface area (Å²) >= 11 is 7.72. The van der Waals surface area contributed by atoms with Gasteiger partial charge >= 0.3 is 0 Å². The van der Waals surface area contributed by atoms with Gasteiger partial charge in [-0.1, -0.05) is 17.7 Å². The highest BCUT2D eigenvalue weighted by Crippen LogP contribution is 2.39. The molecule has 1 aliphatic carbocycles. The smallest absolute Gasteiger partial charge is 0.238 e. The van der Waals surface area contributed by atoms with E-state index in [1.807, 2.05) is 12.1 Å². The highest BCUT2D eigenvalue weighted by molar-refractivity contribution is 7.89. The molecule has 0 spiro atoms. The summed E-state index contributed by atoms with van der Waals surface area (Å²) in [6, 6.07) is 8.75. The van der Waals surface area contributed by atoms with Crippen LogP contribution in [0.15, 0.2) is 35.2 Å². The number of nitrogens with two attached hydrogens (primary N) is 1. The molecule has 2 aromatic rings.